The molecule has 0 spiro atoms. The fourth-order valence-corrected chi connectivity index (χ4v) is 2.68. The number of benzene rings is 2. The van der Waals surface area contributed by atoms with Crippen LogP contribution in [0.4, 0.5) is 0 Å². The molecule has 144 valence electrons. The first-order valence-corrected chi connectivity index (χ1v) is 8.31. The summed E-state index contributed by atoms with van der Waals surface area (Å²) in [5.41, 5.74) is 1.93. The molecule has 1 amide bonds. The predicted molar refractivity (Wildman–Crippen MR) is 99.2 cm³/mol. The number of hydrogen-bond donors (Lipinski definition) is 2. The molecule has 0 heterocycles. The Hall–Kier alpha value is -3.06. The zero-order chi connectivity index (χ0) is 19.8. The van der Waals surface area contributed by atoms with Crippen molar-refractivity contribution in [2.75, 3.05) is 21.3 Å². The van der Waals surface area contributed by atoms with Gasteiger partial charge >= 0.3 is 5.97 Å². The van der Waals surface area contributed by atoms with Crippen LogP contribution in [0.2, 0.25) is 0 Å². The summed E-state index contributed by atoms with van der Waals surface area (Å²) in [7, 11) is 4.60. The van der Waals surface area contributed by atoms with E-state index in [1.807, 2.05) is 0 Å². The maximum Gasteiger partial charge on any atom is 0.305 e. The molecular weight excluding hydrogens is 350 g/mol. The molecule has 0 aliphatic carbocycles. The summed E-state index contributed by atoms with van der Waals surface area (Å²) < 4.78 is 15.6. The highest BCUT2D eigenvalue weighted by atomic mass is 16.5. The van der Waals surface area contributed by atoms with E-state index in [9.17, 15) is 14.7 Å². The van der Waals surface area contributed by atoms with Gasteiger partial charge in [0.05, 0.1) is 33.3 Å². The smallest absolute Gasteiger partial charge is 0.305 e. The summed E-state index contributed by atoms with van der Waals surface area (Å²) in [6, 6.07) is 11.2. The first kappa shape index (κ1) is 20.3. The van der Waals surface area contributed by atoms with Crippen molar-refractivity contribution in [2.45, 2.75) is 19.1 Å². The SMILES string of the molecule is COCc1ccc(C(=O)NC(CC(=O)O)c2ccc(OC)cc2OC)cc1. The summed E-state index contributed by atoms with van der Waals surface area (Å²) in [5, 5.41) is 12.0. The summed E-state index contributed by atoms with van der Waals surface area (Å²) >= 11 is 0. The Labute approximate surface area is 157 Å². The maximum atomic E-state index is 12.6. The first-order chi connectivity index (χ1) is 13.0. The lowest BCUT2D eigenvalue weighted by atomic mass is 10.0. The first-order valence-electron chi connectivity index (χ1n) is 8.31. The molecule has 0 radical (unpaired) electrons. The van der Waals surface area contributed by atoms with Gasteiger partial charge in [0.25, 0.3) is 5.91 Å². The predicted octanol–water partition coefficient (Wildman–Crippen LogP) is 2.80. The molecule has 2 N–H and O–H groups in total. The number of hydrogen-bond acceptors (Lipinski definition) is 5. The Balaban J connectivity index is 2.26. The molecule has 0 saturated heterocycles. The second kappa shape index (κ2) is 9.59. The van der Waals surface area contributed by atoms with Gasteiger partial charge in [0.1, 0.15) is 11.5 Å². The molecule has 7 nitrogen and oxygen atoms in total. The van der Waals surface area contributed by atoms with Crippen LogP contribution < -0.4 is 14.8 Å². The Morgan fingerprint density at radius 3 is 2.30 bits per heavy atom. The van der Waals surface area contributed by atoms with Crippen LogP contribution in [0.1, 0.15) is 33.9 Å². The largest absolute Gasteiger partial charge is 0.497 e. The van der Waals surface area contributed by atoms with Gasteiger partial charge in [-0.05, 0) is 29.8 Å². The van der Waals surface area contributed by atoms with Gasteiger partial charge < -0.3 is 24.6 Å². The van der Waals surface area contributed by atoms with Crippen LogP contribution in [-0.2, 0) is 16.1 Å². The summed E-state index contributed by atoms with van der Waals surface area (Å²) in [6.07, 6.45) is -0.282. The Morgan fingerprint density at radius 2 is 1.74 bits per heavy atom. The number of rotatable bonds is 9. The summed E-state index contributed by atoms with van der Waals surface area (Å²) in [5.74, 6) is -0.391. The van der Waals surface area contributed by atoms with Gasteiger partial charge in [-0.1, -0.05) is 12.1 Å². The van der Waals surface area contributed by atoms with Crippen LogP contribution in [0, 0.1) is 0 Å². The molecule has 1 unspecified atom stereocenters. The molecule has 27 heavy (non-hydrogen) atoms. The minimum atomic E-state index is -1.03. The van der Waals surface area contributed by atoms with Crippen LogP contribution >= 0.6 is 0 Å². The van der Waals surface area contributed by atoms with Crippen molar-refractivity contribution in [3.05, 3.63) is 59.2 Å². The van der Waals surface area contributed by atoms with Gasteiger partial charge in [-0.15, -0.1) is 0 Å². The van der Waals surface area contributed by atoms with E-state index in [0.717, 1.165) is 5.56 Å². The van der Waals surface area contributed by atoms with Crippen LogP contribution in [0.15, 0.2) is 42.5 Å². The molecule has 0 saturated carbocycles. The number of carbonyl (C=O) groups excluding carboxylic acids is 1. The summed E-state index contributed by atoms with van der Waals surface area (Å²) in [4.78, 5) is 23.9. The molecular formula is C20H23NO6. The maximum absolute atomic E-state index is 12.6. The number of carboxylic acid groups (broad SMARTS) is 1. The topological polar surface area (TPSA) is 94.1 Å². The lowest BCUT2D eigenvalue weighted by Crippen LogP contribution is -2.30. The number of carboxylic acids is 1. The van der Waals surface area contributed by atoms with Crippen LogP contribution in [0.3, 0.4) is 0 Å². The lowest BCUT2D eigenvalue weighted by molar-refractivity contribution is -0.137. The van der Waals surface area contributed by atoms with Gasteiger partial charge in [0, 0.05) is 24.3 Å². The number of aliphatic carboxylic acids is 1. The highest BCUT2D eigenvalue weighted by Crippen LogP contribution is 2.31. The number of carbonyl (C=O) groups is 2. The van der Waals surface area contributed by atoms with Gasteiger partial charge in [0.2, 0.25) is 0 Å². The molecule has 7 heteroatoms. The summed E-state index contributed by atoms with van der Waals surface area (Å²) in [6.45, 7) is 0.451. The van der Waals surface area contributed by atoms with E-state index in [4.69, 9.17) is 14.2 Å². The third-order valence-corrected chi connectivity index (χ3v) is 4.03. The van der Waals surface area contributed by atoms with Crippen molar-refractivity contribution in [1.82, 2.24) is 5.32 Å². The van der Waals surface area contributed by atoms with E-state index >= 15 is 0 Å². The zero-order valence-electron chi connectivity index (χ0n) is 15.5. The van der Waals surface area contributed by atoms with Crippen molar-refractivity contribution < 1.29 is 28.9 Å². The molecule has 0 bridgehead atoms. The lowest BCUT2D eigenvalue weighted by Gasteiger charge is -2.20. The molecule has 2 rings (SSSR count). The van der Waals surface area contributed by atoms with Crippen LogP contribution in [0.25, 0.3) is 0 Å². The number of amides is 1. The van der Waals surface area contributed by atoms with E-state index in [0.29, 0.717) is 29.2 Å². The third-order valence-electron chi connectivity index (χ3n) is 4.03. The molecule has 0 aromatic heterocycles. The molecule has 0 aliphatic heterocycles. The Kier molecular flexibility index (Phi) is 7.19. The average molecular weight is 373 g/mol. The fraction of sp³-hybridized carbons (Fsp3) is 0.300. The number of methoxy groups -OCH3 is 3. The van der Waals surface area contributed by atoms with Gasteiger partial charge in [-0.25, -0.2) is 0 Å². The van der Waals surface area contributed by atoms with E-state index in [1.165, 1.54) is 14.2 Å². The molecule has 2 aromatic carbocycles. The fourth-order valence-electron chi connectivity index (χ4n) is 2.68. The van der Waals surface area contributed by atoms with Crippen molar-refractivity contribution in [3.63, 3.8) is 0 Å². The van der Waals surface area contributed by atoms with Crippen molar-refractivity contribution in [2.24, 2.45) is 0 Å². The normalized spacial score (nSPS) is 11.5. The minimum absolute atomic E-state index is 0.282. The number of nitrogens with one attached hydrogen (secondary N) is 1. The number of ether oxygens (including phenoxy) is 3. The van der Waals surface area contributed by atoms with Crippen molar-refractivity contribution in [1.29, 1.82) is 0 Å². The van der Waals surface area contributed by atoms with Crippen LogP contribution in [0.5, 0.6) is 11.5 Å². The van der Waals surface area contributed by atoms with Crippen molar-refractivity contribution >= 4 is 11.9 Å². The standard InChI is InChI=1S/C20H23NO6/c1-25-12-13-4-6-14(7-5-13)20(24)21-17(11-19(22)23)16-9-8-15(26-2)10-18(16)27-3/h4-10,17H,11-12H2,1-3H3,(H,21,24)(H,22,23). The van der Waals surface area contributed by atoms with Gasteiger partial charge in [-0.2, -0.15) is 0 Å². The zero-order valence-corrected chi connectivity index (χ0v) is 15.5. The van der Waals surface area contributed by atoms with Crippen molar-refractivity contribution in [3.8, 4) is 11.5 Å². The van der Waals surface area contributed by atoms with E-state index < -0.39 is 12.0 Å². The van der Waals surface area contributed by atoms with Gasteiger partial charge in [0.15, 0.2) is 0 Å². The second-order valence-corrected chi connectivity index (χ2v) is 5.86. The second-order valence-electron chi connectivity index (χ2n) is 5.86. The highest BCUT2D eigenvalue weighted by molar-refractivity contribution is 5.94. The molecule has 1 atom stereocenters. The minimum Gasteiger partial charge on any atom is -0.497 e. The van der Waals surface area contributed by atoms with E-state index in [2.05, 4.69) is 5.32 Å². The average Bonchev–Trinajstić information content (AvgIpc) is 2.67. The van der Waals surface area contributed by atoms with E-state index in [-0.39, 0.29) is 12.3 Å². The molecule has 0 fully saturated rings. The van der Waals surface area contributed by atoms with E-state index in [1.54, 1.807) is 49.6 Å². The Morgan fingerprint density at radius 1 is 1.04 bits per heavy atom. The van der Waals surface area contributed by atoms with Crippen LogP contribution in [-0.4, -0.2) is 38.3 Å². The van der Waals surface area contributed by atoms with Gasteiger partial charge in [-0.3, -0.25) is 9.59 Å². The molecule has 2 aromatic rings. The Bertz CT molecular complexity index is 788. The monoisotopic (exact) mass is 373 g/mol. The molecule has 0 aliphatic rings. The highest BCUT2D eigenvalue weighted by Gasteiger charge is 2.22. The third kappa shape index (κ3) is 5.46. The quantitative estimate of drug-likeness (QED) is 0.702.